The van der Waals surface area contributed by atoms with Gasteiger partial charge in [-0.3, -0.25) is 9.59 Å². The molecule has 12 nitrogen and oxygen atoms in total. The zero-order chi connectivity index (χ0) is 36.9. The van der Waals surface area contributed by atoms with Gasteiger partial charge >= 0.3 is 6.09 Å². The number of amides is 3. The van der Waals surface area contributed by atoms with Crippen molar-refractivity contribution in [1.29, 1.82) is 0 Å². The Bertz CT molecular complexity index is 2090. The van der Waals surface area contributed by atoms with E-state index >= 15 is 0 Å². The topological polar surface area (TPSA) is 146 Å². The normalized spacial score (nSPS) is 13.2. The van der Waals surface area contributed by atoms with Crippen LogP contribution in [0.1, 0.15) is 83.9 Å². The van der Waals surface area contributed by atoms with Crippen LogP contribution in [0, 0.1) is 0 Å². The number of imidazole rings is 2. The lowest BCUT2D eigenvalue weighted by molar-refractivity contribution is -0.134. The average Bonchev–Trinajstić information content (AvgIpc) is 3.81. The first kappa shape index (κ1) is 36.4. The second kappa shape index (κ2) is 15.9. The molecule has 274 valence electrons. The van der Waals surface area contributed by atoms with Crippen molar-refractivity contribution < 1.29 is 23.9 Å². The zero-order valence-corrected chi connectivity index (χ0v) is 31.0. The molecule has 0 saturated heterocycles. The number of alkyl carbamates (subject to hydrolysis) is 1. The molecule has 3 N–H and O–H groups in total. The molecule has 3 aromatic carbocycles. The minimum absolute atomic E-state index is 0.129. The predicted octanol–water partition coefficient (Wildman–Crippen LogP) is 7.47. The minimum Gasteiger partial charge on any atom is -0.488 e. The third-order valence-electron chi connectivity index (χ3n) is 9.89. The van der Waals surface area contributed by atoms with Crippen LogP contribution in [-0.4, -0.2) is 73.4 Å². The van der Waals surface area contributed by atoms with E-state index in [1.165, 1.54) is 7.11 Å². The molecule has 5 aromatic rings. The Hall–Kier alpha value is -5.39. The second-order valence-electron chi connectivity index (χ2n) is 13.5. The number of hydrogen-bond acceptors (Lipinski definition) is 7. The molecule has 0 radical (unpaired) electrons. The van der Waals surface area contributed by atoms with Gasteiger partial charge in [-0.2, -0.15) is 0 Å². The lowest BCUT2D eigenvalue weighted by Crippen LogP contribution is -2.48. The number of carbonyl (C=O) groups is 3. The summed E-state index contributed by atoms with van der Waals surface area (Å²) in [6.07, 6.45) is 4.59. The van der Waals surface area contributed by atoms with Gasteiger partial charge < -0.3 is 34.6 Å². The summed E-state index contributed by atoms with van der Waals surface area (Å²) in [5.74, 6) is 2.22. The summed E-state index contributed by atoms with van der Waals surface area (Å²) < 4.78 is 11.1. The van der Waals surface area contributed by atoms with Crippen LogP contribution in [0.4, 0.5) is 4.79 Å². The van der Waals surface area contributed by atoms with Gasteiger partial charge in [-0.15, -0.1) is 0 Å². The van der Waals surface area contributed by atoms with Gasteiger partial charge in [0.1, 0.15) is 30.0 Å². The molecule has 0 spiro atoms. The monoisotopic (exact) mass is 707 g/mol. The zero-order valence-electron chi connectivity index (χ0n) is 31.0. The highest BCUT2D eigenvalue weighted by Crippen LogP contribution is 2.42. The Morgan fingerprint density at radius 3 is 2.52 bits per heavy atom. The summed E-state index contributed by atoms with van der Waals surface area (Å²) in [4.78, 5) is 58.1. The predicted molar refractivity (Wildman–Crippen MR) is 201 cm³/mol. The van der Waals surface area contributed by atoms with E-state index in [1.54, 1.807) is 11.1 Å². The van der Waals surface area contributed by atoms with E-state index in [-0.39, 0.29) is 17.9 Å². The van der Waals surface area contributed by atoms with E-state index in [0.29, 0.717) is 44.9 Å². The molecule has 0 fully saturated rings. The number of fused-ring (bicyclic) bond motifs is 6. The molecular formula is C40H49N7O5. The van der Waals surface area contributed by atoms with Gasteiger partial charge in [-0.25, -0.2) is 14.8 Å². The Kier molecular flexibility index (Phi) is 11.1. The van der Waals surface area contributed by atoms with E-state index in [4.69, 9.17) is 14.5 Å². The SMILES string of the molecule is CCCC(=O)N(Cc1nc2c(ccc3cc4c(cc32)OCc2cc(-c3cnc(CN(CCC)C(=O)[C@H](CC)NC(=O)OC)[nH]3)ccc2-4)[nH]1)[C@@H](C)CC. The van der Waals surface area contributed by atoms with Crippen LogP contribution in [0.3, 0.4) is 0 Å². The number of nitrogens with one attached hydrogen (secondary N) is 3. The highest BCUT2D eigenvalue weighted by molar-refractivity contribution is 6.07. The number of methoxy groups -OCH3 is 1. The van der Waals surface area contributed by atoms with Crippen molar-refractivity contribution in [2.75, 3.05) is 13.7 Å². The smallest absolute Gasteiger partial charge is 0.407 e. The van der Waals surface area contributed by atoms with Crippen LogP contribution < -0.4 is 10.1 Å². The highest BCUT2D eigenvalue weighted by Gasteiger charge is 2.26. The van der Waals surface area contributed by atoms with Crippen molar-refractivity contribution in [1.82, 2.24) is 35.1 Å². The number of hydrogen-bond donors (Lipinski definition) is 3. The van der Waals surface area contributed by atoms with Gasteiger partial charge in [0.15, 0.2) is 0 Å². The maximum atomic E-state index is 13.3. The standard InChI is InChI=1S/C40H49N7O5/c1-7-11-37(48)47(24(5)9-3)22-36-42-32-15-13-25-18-30-28-14-12-26(17-27(28)23-52-34(30)19-29(25)38(32)45-36)33-20-41-35(43-33)21-46(16-8-2)39(49)31(10-4)44-40(50)51-6/h12-15,17-20,24,31H,7-11,16,21-23H2,1-6H3,(H,41,43)(H,42,45)(H,44,50)/t24-,31-/m0/s1. The van der Waals surface area contributed by atoms with Crippen LogP contribution in [0.2, 0.25) is 0 Å². The number of aromatic amines is 2. The quantitative estimate of drug-likeness (QED) is 0.109. The second-order valence-corrected chi connectivity index (χ2v) is 13.5. The molecule has 2 atom stereocenters. The Labute approximate surface area is 304 Å². The van der Waals surface area contributed by atoms with Gasteiger partial charge in [-0.1, -0.05) is 45.9 Å². The maximum absolute atomic E-state index is 13.3. The number of H-pyrrole nitrogens is 2. The molecular weight excluding hydrogens is 658 g/mol. The maximum Gasteiger partial charge on any atom is 0.407 e. The fourth-order valence-corrected chi connectivity index (χ4v) is 6.88. The van der Waals surface area contributed by atoms with E-state index in [1.807, 2.05) is 25.7 Å². The summed E-state index contributed by atoms with van der Waals surface area (Å²) in [6, 6.07) is 14.2. The van der Waals surface area contributed by atoms with Crippen molar-refractivity contribution in [2.45, 2.75) is 98.5 Å². The summed E-state index contributed by atoms with van der Waals surface area (Å²) in [5.41, 5.74) is 6.79. The van der Waals surface area contributed by atoms with Gasteiger partial charge in [0.2, 0.25) is 11.8 Å². The van der Waals surface area contributed by atoms with Crippen molar-refractivity contribution in [3.05, 3.63) is 65.9 Å². The first-order valence-corrected chi connectivity index (χ1v) is 18.4. The summed E-state index contributed by atoms with van der Waals surface area (Å²) in [5, 5.41) is 4.69. The molecule has 0 bridgehead atoms. The third-order valence-corrected chi connectivity index (χ3v) is 9.89. The Morgan fingerprint density at radius 1 is 0.962 bits per heavy atom. The summed E-state index contributed by atoms with van der Waals surface area (Å²) in [7, 11) is 1.28. The molecule has 12 heteroatoms. The molecule has 2 aromatic heterocycles. The van der Waals surface area contributed by atoms with Crippen molar-refractivity contribution in [3.8, 4) is 28.1 Å². The van der Waals surface area contributed by atoms with Crippen molar-refractivity contribution >= 4 is 39.7 Å². The number of ether oxygens (including phenoxy) is 2. The summed E-state index contributed by atoms with van der Waals surface area (Å²) in [6.45, 7) is 11.8. The lowest BCUT2D eigenvalue weighted by Gasteiger charge is -2.27. The fourth-order valence-electron chi connectivity index (χ4n) is 6.88. The van der Waals surface area contributed by atoms with Gasteiger partial charge in [0.25, 0.3) is 0 Å². The Morgan fingerprint density at radius 2 is 1.79 bits per heavy atom. The number of benzene rings is 3. The van der Waals surface area contributed by atoms with E-state index < -0.39 is 12.1 Å². The Balaban J connectivity index is 1.23. The molecule has 1 aliphatic heterocycles. The van der Waals surface area contributed by atoms with Gasteiger partial charge in [-0.05, 0) is 78.9 Å². The third kappa shape index (κ3) is 7.46. The van der Waals surface area contributed by atoms with E-state index in [2.05, 4.69) is 76.6 Å². The van der Waals surface area contributed by atoms with E-state index in [9.17, 15) is 14.4 Å². The lowest BCUT2D eigenvalue weighted by atomic mass is 9.92. The van der Waals surface area contributed by atoms with Gasteiger partial charge in [0.05, 0.1) is 43.1 Å². The van der Waals surface area contributed by atoms with Crippen LogP contribution in [-0.2, 0) is 34.0 Å². The molecule has 3 amide bonds. The van der Waals surface area contributed by atoms with Crippen LogP contribution in [0.25, 0.3) is 44.2 Å². The fraction of sp³-hybridized carbons (Fsp3) is 0.425. The molecule has 0 unspecified atom stereocenters. The molecule has 0 saturated carbocycles. The molecule has 1 aliphatic rings. The number of rotatable bonds is 14. The van der Waals surface area contributed by atoms with Gasteiger partial charge in [0, 0.05) is 30.0 Å². The first-order valence-electron chi connectivity index (χ1n) is 18.4. The molecule has 6 rings (SSSR count). The largest absolute Gasteiger partial charge is 0.488 e. The van der Waals surface area contributed by atoms with Crippen LogP contribution in [0.15, 0.2) is 48.7 Å². The number of carbonyl (C=O) groups excluding carboxylic acids is 3. The van der Waals surface area contributed by atoms with Crippen molar-refractivity contribution in [2.24, 2.45) is 0 Å². The molecule has 52 heavy (non-hydrogen) atoms. The molecule has 3 heterocycles. The van der Waals surface area contributed by atoms with Crippen molar-refractivity contribution in [3.63, 3.8) is 0 Å². The average molecular weight is 708 g/mol. The molecule has 0 aliphatic carbocycles. The number of nitrogens with zero attached hydrogens (tertiary/aromatic N) is 4. The first-order chi connectivity index (χ1) is 25.2. The minimum atomic E-state index is -0.676. The highest BCUT2D eigenvalue weighted by atomic mass is 16.5. The van der Waals surface area contributed by atoms with E-state index in [0.717, 1.165) is 80.6 Å². The van der Waals surface area contributed by atoms with Crippen LogP contribution in [0.5, 0.6) is 5.75 Å². The number of aromatic nitrogens is 4. The summed E-state index contributed by atoms with van der Waals surface area (Å²) >= 11 is 0. The van der Waals surface area contributed by atoms with Crippen LogP contribution >= 0.6 is 0 Å².